The predicted octanol–water partition coefficient (Wildman–Crippen LogP) is 5.54. The lowest BCUT2D eigenvalue weighted by atomic mass is 10.0. The summed E-state index contributed by atoms with van der Waals surface area (Å²) < 4.78 is 10.8. The van der Waals surface area contributed by atoms with E-state index < -0.39 is 0 Å². The Hall–Kier alpha value is -4.58. The smallest absolute Gasteiger partial charge is 0.262 e. The molecule has 2 amide bonds. The number of ether oxygens (including phenoxy) is 2. The number of benzene rings is 4. The number of carbonyl (C=O) groups is 2. The second-order valence-electron chi connectivity index (χ2n) is 8.23. The summed E-state index contributed by atoms with van der Waals surface area (Å²) in [6.07, 6.45) is 0.824. The highest BCUT2D eigenvalue weighted by atomic mass is 16.5. The van der Waals surface area contributed by atoms with Crippen LogP contribution in [0.5, 0.6) is 11.5 Å². The third-order valence-electron chi connectivity index (χ3n) is 5.89. The average Bonchev–Trinajstić information content (AvgIpc) is 3.25. The summed E-state index contributed by atoms with van der Waals surface area (Å²) in [4.78, 5) is 25.3. The first kappa shape index (κ1) is 22.2. The molecule has 0 bridgehead atoms. The van der Waals surface area contributed by atoms with Crippen LogP contribution in [0.3, 0.4) is 0 Å². The van der Waals surface area contributed by atoms with Gasteiger partial charge >= 0.3 is 0 Å². The van der Waals surface area contributed by atoms with Crippen LogP contribution in [0, 0.1) is 0 Å². The van der Waals surface area contributed by atoms with Crippen molar-refractivity contribution in [3.05, 3.63) is 108 Å². The van der Waals surface area contributed by atoms with E-state index in [0.717, 1.165) is 12.0 Å². The quantitative estimate of drug-likeness (QED) is 0.332. The monoisotopic (exact) mass is 464 g/mol. The first-order valence-electron chi connectivity index (χ1n) is 11.3. The number of methoxy groups -OCH3 is 1. The summed E-state index contributed by atoms with van der Waals surface area (Å²) in [6.45, 7) is -0.172. The number of carbonyl (C=O) groups excluding carboxylic acids is 2. The second-order valence-corrected chi connectivity index (χ2v) is 8.23. The molecule has 0 saturated heterocycles. The maximum Gasteiger partial charge on any atom is 0.262 e. The molecule has 174 valence electrons. The molecule has 0 aromatic heterocycles. The van der Waals surface area contributed by atoms with Crippen molar-refractivity contribution in [2.45, 2.75) is 6.42 Å². The molecule has 2 N–H and O–H groups in total. The molecule has 0 heterocycles. The van der Waals surface area contributed by atoms with Crippen molar-refractivity contribution in [2.24, 2.45) is 0 Å². The van der Waals surface area contributed by atoms with Gasteiger partial charge in [-0.25, -0.2) is 0 Å². The van der Waals surface area contributed by atoms with Gasteiger partial charge < -0.3 is 20.1 Å². The van der Waals surface area contributed by atoms with Gasteiger partial charge in [-0.3, -0.25) is 9.59 Å². The first-order valence-corrected chi connectivity index (χ1v) is 11.3. The highest BCUT2D eigenvalue weighted by Gasteiger charge is 2.19. The number of amides is 2. The maximum atomic E-state index is 12.9. The third-order valence-corrected chi connectivity index (χ3v) is 5.89. The van der Waals surface area contributed by atoms with Crippen LogP contribution in [-0.2, 0) is 11.2 Å². The molecule has 0 spiro atoms. The van der Waals surface area contributed by atoms with Crippen LogP contribution in [0.15, 0.2) is 91.0 Å². The number of hydrogen-bond donors (Lipinski definition) is 2. The van der Waals surface area contributed by atoms with Gasteiger partial charge in [0.25, 0.3) is 11.8 Å². The summed E-state index contributed by atoms with van der Waals surface area (Å²) in [5, 5.41) is 5.71. The van der Waals surface area contributed by atoms with E-state index >= 15 is 0 Å². The Kier molecular flexibility index (Phi) is 6.18. The van der Waals surface area contributed by atoms with Gasteiger partial charge in [-0.2, -0.15) is 0 Å². The van der Waals surface area contributed by atoms with Crippen molar-refractivity contribution in [3.63, 3.8) is 0 Å². The zero-order valence-corrected chi connectivity index (χ0v) is 19.2. The van der Waals surface area contributed by atoms with Gasteiger partial charge in [0.2, 0.25) is 0 Å². The van der Waals surface area contributed by atoms with E-state index in [-0.39, 0.29) is 18.4 Å². The van der Waals surface area contributed by atoms with Crippen molar-refractivity contribution in [1.29, 1.82) is 0 Å². The maximum absolute atomic E-state index is 12.9. The Morgan fingerprint density at radius 3 is 2.29 bits per heavy atom. The Labute approximate surface area is 203 Å². The van der Waals surface area contributed by atoms with Crippen molar-refractivity contribution in [1.82, 2.24) is 0 Å². The Morgan fingerprint density at radius 2 is 1.46 bits per heavy atom. The van der Waals surface area contributed by atoms with Crippen molar-refractivity contribution in [2.75, 3.05) is 24.4 Å². The number of anilines is 2. The van der Waals surface area contributed by atoms with Crippen molar-refractivity contribution >= 4 is 23.2 Å². The molecule has 5 rings (SSSR count). The molecular weight excluding hydrogens is 440 g/mol. The minimum absolute atomic E-state index is 0.172. The predicted molar refractivity (Wildman–Crippen MR) is 136 cm³/mol. The summed E-state index contributed by atoms with van der Waals surface area (Å²) in [5.41, 5.74) is 6.57. The summed E-state index contributed by atoms with van der Waals surface area (Å²) in [7, 11) is 1.55. The van der Waals surface area contributed by atoms with Gasteiger partial charge in [0.1, 0.15) is 0 Å². The van der Waals surface area contributed by atoms with Crippen LogP contribution < -0.4 is 20.1 Å². The Balaban J connectivity index is 1.21. The average molecular weight is 465 g/mol. The zero-order chi connectivity index (χ0) is 24.2. The molecule has 0 saturated carbocycles. The number of rotatable bonds is 7. The lowest BCUT2D eigenvalue weighted by Gasteiger charge is -2.12. The van der Waals surface area contributed by atoms with Crippen LogP contribution in [0.4, 0.5) is 11.4 Å². The number of nitrogens with one attached hydrogen (secondary N) is 2. The first-order chi connectivity index (χ1) is 17.1. The molecule has 6 nitrogen and oxygen atoms in total. The SMILES string of the molecule is COc1ccccc1OCC(=O)Nc1cccc(NC(=O)c2ccc3c(c2)Cc2ccccc2-3)c1. The lowest BCUT2D eigenvalue weighted by Crippen LogP contribution is -2.20. The fraction of sp³-hybridized carbons (Fsp3) is 0.103. The molecule has 4 aromatic rings. The van der Waals surface area contributed by atoms with E-state index in [0.29, 0.717) is 28.4 Å². The number of hydrogen-bond acceptors (Lipinski definition) is 4. The molecular formula is C29H24N2O4. The third kappa shape index (κ3) is 4.87. The molecule has 0 radical (unpaired) electrons. The van der Waals surface area contributed by atoms with Gasteiger partial charge in [0, 0.05) is 16.9 Å². The molecule has 0 atom stereocenters. The van der Waals surface area contributed by atoms with Gasteiger partial charge in [0.15, 0.2) is 18.1 Å². The Bertz CT molecular complexity index is 1410. The fourth-order valence-electron chi connectivity index (χ4n) is 4.24. The van der Waals surface area contributed by atoms with E-state index in [9.17, 15) is 9.59 Å². The van der Waals surface area contributed by atoms with E-state index in [4.69, 9.17) is 9.47 Å². The normalized spacial score (nSPS) is 11.2. The fourth-order valence-corrected chi connectivity index (χ4v) is 4.24. The molecule has 6 heteroatoms. The number of fused-ring (bicyclic) bond motifs is 3. The minimum Gasteiger partial charge on any atom is -0.493 e. The van der Waals surface area contributed by atoms with Gasteiger partial charge in [-0.15, -0.1) is 0 Å². The largest absolute Gasteiger partial charge is 0.493 e. The van der Waals surface area contributed by atoms with Crippen molar-refractivity contribution < 1.29 is 19.1 Å². The highest BCUT2D eigenvalue weighted by Crippen LogP contribution is 2.36. The second kappa shape index (κ2) is 9.73. The summed E-state index contributed by atoms with van der Waals surface area (Å²) in [6, 6.07) is 28.3. The molecule has 0 fully saturated rings. The van der Waals surface area contributed by atoms with E-state index in [1.54, 1.807) is 43.5 Å². The van der Waals surface area contributed by atoms with E-state index in [2.05, 4.69) is 22.8 Å². The lowest BCUT2D eigenvalue weighted by molar-refractivity contribution is -0.118. The zero-order valence-electron chi connectivity index (χ0n) is 19.2. The van der Waals surface area contributed by atoms with Gasteiger partial charge in [0.05, 0.1) is 7.11 Å². The summed E-state index contributed by atoms with van der Waals surface area (Å²) >= 11 is 0. The molecule has 1 aliphatic rings. The van der Waals surface area contributed by atoms with Gasteiger partial charge in [-0.05, 0) is 71.1 Å². The molecule has 4 aromatic carbocycles. The minimum atomic E-state index is -0.322. The van der Waals surface area contributed by atoms with Crippen molar-refractivity contribution in [3.8, 4) is 22.6 Å². The van der Waals surface area contributed by atoms with Crippen LogP contribution in [0.25, 0.3) is 11.1 Å². The van der Waals surface area contributed by atoms with E-state index in [1.807, 2.05) is 42.5 Å². The molecule has 1 aliphatic carbocycles. The van der Waals surface area contributed by atoms with Gasteiger partial charge in [-0.1, -0.05) is 48.5 Å². The molecule has 35 heavy (non-hydrogen) atoms. The summed E-state index contributed by atoms with van der Waals surface area (Å²) in [5.74, 6) is 0.522. The van der Waals surface area contributed by atoms with Crippen LogP contribution in [0.2, 0.25) is 0 Å². The molecule has 0 aliphatic heterocycles. The van der Waals surface area contributed by atoms with Crippen LogP contribution >= 0.6 is 0 Å². The Morgan fingerprint density at radius 1 is 0.743 bits per heavy atom. The highest BCUT2D eigenvalue weighted by molar-refractivity contribution is 6.05. The topological polar surface area (TPSA) is 76.7 Å². The van der Waals surface area contributed by atoms with E-state index in [1.165, 1.54) is 16.7 Å². The van der Waals surface area contributed by atoms with Crippen LogP contribution in [0.1, 0.15) is 21.5 Å². The van der Waals surface area contributed by atoms with Crippen LogP contribution in [-0.4, -0.2) is 25.5 Å². The molecule has 0 unspecified atom stereocenters. The number of para-hydroxylation sites is 2. The standard InChI is InChI=1S/C29H24N2O4/c1-34-26-11-4-5-12-27(26)35-18-28(32)30-22-8-6-9-23(17-22)31-29(33)20-13-14-25-21(16-20)15-19-7-2-3-10-24(19)25/h2-14,16-17H,15,18H2,1H3,(H,30,32)(H,31,33).